The molecule has 96 valence electrons. The molecule has 2 N–H and O–H groups in total. The van der Waals surface area contributed by atoms with Crippen molar-refractivity contribution in [1.82, 2.24) is 20.1 Å². The highest BCUT2D eigenvalue weighted by atomic mass is 16.3. The summed E-state index contributed by atoms with van der Waals surface area (Å²) < 4.78 is 1.68. The predicted molar refractivity (Wildman–Crippen MR) is 67.3 cm³/mol. The number of aliphatic hydroxyl groups is 1. The second kappa shape index (κ2) is 4.73. The summed E-state index contributed by atoms with van der Waals surface area (Å²) >= 11 is 0. The van der Waals surface area contributed by atoms with Gasteiger partial charge in [-0.05, 0) is 19.9 Å². The third-order valence-electron chi connectivity index (χ3n) is 2.68. The van der Waals surface area contributed by atoms with Gasteiger partial charge in [-0.15, -0.1) is 0 Å². The molecule has 6 heteroatoms. The van der Waals surface area contributed by atoms with Crippen LogP contribution < -0.4 is 5.32 Å². The normalized spacial score (nSPS) is 12.7. The summed E-state index contributed by atoms with van der Waals surface area (Å²) in [5.41, 5.74) is 2.06. The lowest BCUT2D eigenvalue weighted by molar-refractivity contribution is 0.0924. The van der Waals surface area contributed by atoms with Crippen LogP contribution >= 0.6 is 0 Å². The monoisotopic (exact) mass is 248 g/mol. The van der Waals surface area contributed by atoms with Crippen molar-refractivity contribution in [1.29, 1.82) is 0 Å². The van der Waals surface area contributed by atoms with Gasteiger partial charge in [-0.2, -0.15) is 5.10 Å². The molecule has 0 saturated heterocycles. The molecule has 0 unspecified atom stereocenters. The Morgan fingerprint density at radius 1 is 1.61 bits per heavy atom. The lowest BCUT2D eigenvalue weighted by Gasteiger charge is -2.06. The number of nitrogens with one attached hydrogen (secondary N) is 1. The summed E-state index contributed by atoms with van der Waals surface area (Å²) in [7, 11) is 1.81. The lowest BCUT2D eigenvalue weighted by atomic mass is 10.2. The number of aromatic nitrogens is 3. The van der Waals surface area contributed by atoms with Crippen LogP contribution in [0.3, 0.4) is 0 Å². The highest BCUT2D eigenvalue weighted by molar-refractivity contribution is 5.97. The number of aliphatic hydroxyl groups excluding tert-OH is 1. The molecule has 0 saturated carbocycles. The number of hydrogen-bond acceptors (Lipinski definition) is 4. The van der Waals surface area contributed by atoms with Crippen LogP contribution in [0.4, 0.5) is 0 Å². The van der Waals surface area contributed by atoms with Gasteiger partial charge in [0, 0.05) is 25.2 Å². The standard InChI is InChI=1S/C12H16N4O2/c1-7(17)5-14-12(18)9-4-10-8(2)15-16(3)11(10)13-6-9/h4,6-7,17H,5H2,1-3H3,(H,14,18)/t7-/m1/s1. The van der Waals surface area contributed by atoms with Crippen molar-refractivity contribution in [2.24, 2.45) is 7.05 Å². The molecule has 0 fully saturated rings. The summed E-state index contributed by atoms with van der Waals surface area (Å²) in [5.74, 6) is -0.242. The Hall–Kier alpha value is -1.95. The Morgan fingerprint density at radius 3 is 3.00 bits per heavy atom. The van der Waals surface area contributed by atoms with Crippen molar-refractivity contribution in [3.05, 3.63) is 23.5 Å². The first kappa shape index (κ1) is 12.5. The first-order valence-electron chi connectivity index (χ1n) is 5.74. The molecule has 2 aromatic heterocycles. The molecule has 1 atom stereocenters. The fourth-order valence-electron chi connectivity index (χ4n) is 1.77. The van der Waals surface area contributed by atoms with Gasteiger partial charge in [0.1, 0.15) is 0 Å². The lowest BCUT2D eigenvalue weighted by Crippen LogP contribution is -2.30. The predicted octanol–water partition coefficient (Wildman–Crippen LogP) is 0.387. The molecule has 2 heterocycles. The van der Waals surface area contributed by atoms with Crippen LogP contribution in [0.1, 0.15) is 23.0 Å². The average molecular weight is 248 g/mol. The number of pyridine rings is 1. The fourth-order valence-corrected chi connectivity index (χ4v) is 1.77. The van der Waals surface area contributed by atoms with E-state index in [4.69, 9.17) is 5.11 Å². The van der Waals surface area contributed by atoms with Gasteiger partial charge in [0.15, 0.2) is 5.65 Å². The largest absolute Gasteiger partial charge is 0.392 e. The first-order valence-corrected chi connectivity index (χ1v) is 5.74. The Labute approximate surface area is 105 Å². The minimum atomic E-state index is -0.564. The Kier molecular flexibility index (Phi) is 3.29. The molecule has 0 aromatic carbocycles. The first-order chi connectivity index (χ1) is 8.49. The summed E-state index contributed by atoms with van der Waals surface area (Å²) in [4.78, 5) is 16.0. The van der Waals surface area contributed by atoms with Gasteiger partial charge in [-0.1, -0.05) is 0 Å². The second-order valence-corrected chi connectivity index (χ2v) is 4.36. The van der Waals surface area contributed by atoms with E-state index in [9.17, 15) is 4.79 Å². The zero-order chi connectivity index (χ0) is 13.3. The van der Waals surface area contributed by atoms with Gasteiger partial charge in [0.25, 0.3) is 5.91 Å². The van der Waals surface area contributed by atoms with E-state index in [2.05, 4.69) is 15.4 Å². The Morgan fingerprint density at radius 2 is 2.33 bits per heavy atom. The second-order valence-electron chi connectivity index (χ2n) is 4.36. The zero-order valence-corrected chi connectivity index (χ0v) is 10.6. The van der Waals surface area contributed by atoms with Crippen molar-refractivity contribution in [2.45, 2.75) is 20.0 Å². The van der Waals surface area contributed by atoms with Gasteiger partial charge >= 0.3 is 0 Å². The van der Waals surface area contributed by atoms with Crippen molar-refractivity contribution >= 4 is 16.9 Å². The number of aryl methyl sites for hydroxylation is 2. The maximum atomic E-state index is 11.8. The summed E-state index contributed by atoms with van der Waals surface area (Å²) in [6.07, 6.45) is 0.951. The number of carbonyl (C=O) groups excluding carboxylic acids is 1. The van der Waals surface area contributed by atoms with Crippen LogP contribution in [-0.4, -0.2) is 38.4 Å². The van der Waals surface area contributed by atoms with Crippen molar-refractivity contribution in [2.75, 3.05) is 6.54 Å². The third-order valence-corrected chi connectivity index (χ3v) is 2.68. The molecule has 18 heavy (non-hydrogen) atoms. The van der Waals surface area contributed by atoms with Crippen LogP contribution in [0.5, 0.6) is 0 Å². The van der Waals surface area contributed by atoms with E-state index in [1.165, 1.54) is 6.20 Å². The minimum absolute atomic E-state index is 0.225. The molecule has 2 rings (SSSR count). The number of rotatable bonds is 3. The number of fused-ring (bicyclic) bond motifs is 1. The van der Waals surface area contributed by atoms with Gasteiger partial charge in [-0.25, -0.2) is 4.98 Å². The smallest absolute Gasteiger partial charge is 0.252 e. The van der Waals surface area contributed by atoms with Gasteiger partial charge in [-0.3, -0.25) is 9.48 Å². The molecule has 6 nitrogen and oxygen atoms in total. The maximum Gasteiger partial charge on any atom is 0.252 e. The molecule has 0 radical (unpaired) electrons. The van der Waals surface area contributed by atoms with Crippen LogP contribution in [-0.2, 0) is 7.05 Å². The molecule has 0 aliphatic heterocycles. The Bertz CT molecular complexity index is 589. The molecule has 0 aliphatic carbocycles. The van der Waals surface area contributed by atoms with Gasteiger partial charge in [0.2, 0.25) is 0 Å². The summed E-state index contributed by atoms with van der Waals surface area (Å²) in [6.45, 7) is 3.72. The van der Waals surface area contributed by atoms with E-state index in [0.717, 1.165) is 16.7 Å². The highest BCUT2D eigenvalue weighted by Crippen LogP contribution is 2.16. The fraction of sp³-hybridized carbons (Fsp3) is 0.417. The molecular weight excluding hydrogens is 232 g/mol. The highest BCUT2D eigenvalue weighted by Gasteiger charge is 2.11. The summed E-state index contributed by atoms with van der Waals surface area (Å²) in [5, 5.41) is 16.9. The van der Waals surface area contributed by atoms with Gasteiger partial charge in [0.05, 0.1) is 17.4 Å². The molecular formula is C12H16N4O2. The Balaban J connectivity index is 2.29. The number of nitrogens with zero attached hydrogens (tertiary/aromatic N) is 3. The number of hydrogen-bond donors (Lipinski definition) is 2. The SMILES string of the molecule is Cc1nn(C)c2ncc(C(=O)NC[C@@H](C)O)cc12. The van der Waals surface area contributed by atoms with Gasteiger partial charge < -0.3 is 10.4 Å². The van der Waals surface area contributed by atoms with Crippen LogP contribution in [0.2, 0.25) is 0 Å². The van der Waals surface area contributed by atoms with Crippen molar-refractivity contribution in [3.8, 4) is 0 Å². The average Bonchev–Trinajstić information content (AvgIpc) is 2.61. The van der Waals surface area contributed by atoms with E-state index >= 15 is 0 Å². The summed E-state index contributed by atoms with van der Waals surface area (Å²) in [6, 6.07) is 1.77. The third kappa shape index (κ3) is 2.33. The zero-order valence-electron chi connectivity index (χ0n) is 10.6. The van der Waals surface area contributed by atoms with E-state index in [0.29, 0.717) is 5.56 Å². The molecule has 0 bridgehead atoms. The van der Waals surface area contributed by atoms with Crippen LogP contribution in [0.25, 0.3) is 11.0 Å². The topological polar surface area (TPSA) is 80.0 Å². The number of carbonyl (C=O) groups is 1. The van der Waals surface area contributed by atoms with E-state index in [1.54, 1.807) is 17.7 Å². The molecule has 0 spiro atoms. The minimum Gasteiger partial charge on any atom is -0.392 e. The van der Waals surface area contributed by atoms with E-state index < -0.39 is 6.10 Å². The molecule has 0 aliphatic rings. The molecule has 1 amide bonds. The maximum absolute atomic E-state index is 11.8. The van der Waals surface area contributed by atoms with E-state index in [1.807, 2.05) is 14.0 Å². The van der Waals surface area contributed by atoms with Crippen molar-refractivity contribution in [3.63, 3.8) is 0 Å². The van der Waals surface area contributed by atoms with Crippen LogP contribution in [0.15, 0.2) is 12.3 Å². The number of amides is 1. The molecule has 2 aromatic rings. The van der Waals surface area contributed by atoms with Crippen molar-refractivity contribution < 1.29 is 9.90 Å². The quantitative estimate of drug-likeness (QED) is 0.823. The van der Waals surface area contributed by atoms with Crippen LogP contribution in [0, 0.1) is 6.92 Å². The van der Waals surface area contributed by atoms with E-state index in [-0.39, 0.29) is 12.5 Å².